The molecular formula is C7H10FNO3. The van der Waals surface area contributed by atoms with Gasteiger partial charge in [0.25, 0.3) is 0 Å². The van der Waals surface area contributed by atoms with Crippen LogP contribution in [0.4, 0.5) is 4.39 Å². The minimum Gasteiger partial charge on any atom is -0.482 e. The monoisotopic (exact) mass is 175 g/mol. The molecule has 0 amide bonds. The lowest BCUT2D eigenvalue weighted by molar-refractivity contribution is -0.142. The van der Waals surface area contributed by atoms with E-state index in [0.717, 1.165) is 0 Å². The summed E-state index contributed by atoms with van der Waals surface area (Å²) >= 11 is 0. The smallest absolute Gasteiger partial charge is 0.331 e. The second kappa shape index (κ2) is 2.73. The fraction of sp³-hybridized carbons (Fsp3) is 0.714. The molecule has 1 N–H and O–H groups in total. The Morgan fingerprint density at radius 2 is 2.50 bits per heavy atom. The van der Waals surface area contributed by atoms with Gasteiger partial charge in [-0.1, -0.05) is 0 Å². The summed E-state index contributed by atoms with van der Waals surface area (Å²) in [5.41, 5.74) is -1.36. The first kappa shape index (κ1) is 8.96. The molecule has 2 atom stereocenters. The van der Waals surface area contributed by atoms with E-state index in [4.69, 9.17) is 5.11 Å². The minimum absolute atomic E-state index is 0.125. The van der Waals surface area contributed by atoms with Gasteiger partial charge in [-0.25, -0.2) is 14.2 Å². The van der Waals surface area contributed by atoms with E-state index in [9.17, 15) is 9.18 Å². The Kier molecular flexibility index (Phi) is 2.04. The molecule has 12 heavy (non-hydrogen) atoms. The van der Waals surface area contributed by atoms with Crippen LogP contribution in [-0.2, 0) is 9.53 Å². The third-order valence-corrected chi connectivity index (χ3v) is 1.87. The molecule has 0 saturated carbocycles. The van der Waals surface area contributed by atoms with Crippen molar-refractivity contribution < 1.29 is 19.0 Å². The predicted molar refractivity (Wildman–Crippen MR) is 40.0 cm³/mol. The minimum atomic E-state index is -1.39. The Balaban J connectivity index is 2.88. The summed E-state index contributed by atoms with van der Waals surface area (Å²) in [4.78, 5) is 14.2. The Morgan fingerprint density at radius 1 is 1.92 bits per heavy atom. The average Bonchev–Trinajstić information content (AvgIpc) is 2.27. The number of alkyl halides is 1. The van der Waals surface area contributed by atoms with E-state index < -0.39 is 17.7 Å². The molecule has 1 aliphatic heterocycles. The number of hydrogen-bond acceptors (Lipinski definition) is 3. The van der Waals surface area contributed by atoms with Crippen molar-refractivity contribution >= 4 is 11.9 Å². The van der Waals surface area contributed by atoms with Gasteiger partial charge < -0.3 is 9.84 Å². The largest absolute Gasteiger partial charge is 0.482 e. The van der Waals surface area contributed by atoms with Crippen LogP contribution in [0.15, 0.2) is 4.99 Å². The normalized spacial score (nSPS) is 34.6. The van der Waals surface area contributed by atoms with Crippen LogP contribution in [0.2, 0.25) is 0 Å². The molecule has 0 aromatic rings. The molecule has 0 spiro atoms. The summed E-state index contributed by atoms with van der Waals surface area (Å²) in [5.74, 6) is -1.25. The molecule has 5 heteroatoms. The van der Waals surface area contributed by atoms with Gasteiger partial charge in [0.1, 0.15) is 0 Å². The number of rotatable bonds is 1. The van der Waals surface area contributed by atoms with E-state index in [1.54, 1.807) is 0 Å². The van der Waals surface area contributed by atoms with Crippen molar-refractivity contribution in [3.05, 3.63) is 0 Å². The summed E-state index contributed by atoms with van der Waals surface area (Å²) in [7, 11) is 1.28. The molecule has 0 aromatic heterocycles. The molecule has 0 radical (unpaired) electrons. The van der Waals surface area contributed by atoms with Crippen molar-refractivity contribution in [3.8, 4) is 0 Å². The zero-order chi connectivity index (χ0) is 9.35. The van der Waals surface area contributed by atoms with Crippen molar-refractivity contribution in [2.75, 3.05) is 7.11 Å². The van der Waals surface area contributed by atoms with E-state index in [1.807, 2.05) is 0 Å². The van der Waals surface area contributed by atoms with E-state index >= 15 is 0 Å². The zero-order valence-electron chi connectivity index (χ0n) is 6.87. The maximum Gasteiger partial charge on any atom is 0.331 e. The van der Waals surface area contributed by atoms with Crippen molar-refractivity contribution in [2.24, 2.45) is 4.99 Å². The predicted octanol–water partition coefficient (Wildman–Crippen LogP) is 0.616. The SMILES string of the molecule is COC1=NC(C)(C(=O)O)CC1F. The van der Waals surface area contributed by atoms with E-state index in [2.05, 4.69) is 9.73 Å². The molecule has 0 fully saturated rings. The summed E-state index contributed by atoms with van der Waals surface area (Å²) in [6, 6.07) is 0. The number of nitrogens with zero attached hydrogens (tertiary/aromatic N) is 1. The van der Waals surface area contributed by atoms with Gasteiger partial charge in [0.15, 0.2) is 11.7 Å². The molecular weight excluding hydrogens is 165 g/mol. The topological polar surface area (TPSA) is 58.9 Å². The lowest BCUT2D eigenvalue weighted by atomic mass is 10.00. The Bertz CT molecular complexity index is 241. The van der Waals surface area contributed by atoms with Crippen LogP contribution in [0.5, 0.6) is 0 Å². The Morgan fingerprint density at radius 3 is 2.75 bits per heavy atom. The van der Waals surface area contributed by atoms with Crippen molar-refractivity contribution in [1.29, 1.82) is 0 Å². The number of ether oxygens (including phenoxy) is 1. The highest BCUT2D eigenvalue weighted by atomic mass is 19.1. The number of carboxylic acids is 1. The van der Waals surface area contributed by atoms with Gasteiger partial charge in [-0.3, -0.25) is 0 Å². The summed E-state index contributed by atoms with van der Waals surface area (Å²) < 4.78 is 17.5. The van der Waals surface area contributed by atoms with Gasteiger partial charge in [-0.2, -0.15) is 0 Å². The standard InChI is InChI=1S/C7H10FNO3/c1-7(6(10)11)3-4(8)5(9-7)12-2/h4H,3H2,1-2H3,(H,10,11). The number of halogens is 1. The van der Waals surface area contributed by atoms with E-state index in [-0.39, 0.29) is 12.3 Å². The third kappa shape index (κ3) is 1.26. The number of carbonyl (C=O) groups is 1. The summed E-state index contributed by atoms with van der Waals surface area (Å²) in [6.07, 6.45) is -1.54. The molecule has 0 bridgehead atoms. The van der Waals surface area contributed by atoms with Gasteiger partial charge in [0.2, 0.25) is 5.90 Å². The van der Waals surface area contributed by atoms with E-state index in [0.29, 0.717) is 0 Å². The number of hydrogen-bond donors (Lipinski definition) is 1. The van der Waals surface area contributed by atoms with Crippen LogP contribution in [0.1, 0.15) is 13.3 Å². The number of aliphatic carboxylic acids is 1. The fourth-order valence-corrected chi connectivity index (χ4v) is 1.10. The first-order chi connectivity index (χ1) is 5.49. The number of methoxy groups -OCH3 is 1. The number of aliphatic imine (C=N–C) groups is 1. The zero-order valence-corrected chi connectivity index (χ0v) is 6.87. The van der Waals surface area contributed by atoms with Crippen LogP contribution < -0.4 is 0 Å². The second-order valence-corrected chi connectivity index (χ2v) is 2.90. The first-order valence-corrected chi connectivity index (χ1v) is 3.51. The summed E-state index contributed by atoms with van der Waals surface area (Å²) in [6.45, 7) is 1.37. The highest BCUT2D eigenvalue weighted by molar-refractivity contribution is 5.91. The van der Waals surface area contributed by atoms with Gasteiger partial charge in [0, 0.05) is 6.42 Å². The van der Waals surface area contributed by atoms with Crippen molar-refractivity contribution in [1.82, 2.24) is 0 Å². The highest BCUT2D eigenvalue weighted by Crippen LogP contribution is 2.28. The molecule has 1 aliphatic rings. The van der Waals surface area contributed by atoms with Crippen LogP contribution in [-0.4, -0.2) is 35.8 Å². The molecule has 4 nitrogen and oxygen atoms in total. The fourth-order valence-electron chi connectivity index (χ4n) is 1.10. The van der Waals surface area contributed by atoms with Crippen LogP contribution in [0.3, 0.4) is 0 Å². The molecule has 0 aromatic carbocycles. The quantitative estimate of drug-likeness (QED) is 0.635. The number of carboxylic acid groups (broad SMARTS) is 1. The lowest BCUT2D eigenvalue weighted by Crippen LogP contribution is -2.31. The maximum absolute atomic E-state index is 12.9. The second-order valence-electron chi connectivity index (χ2n) is 2.90. The maximum atomic E-state index is 12.9. The Labute approximate surface area is 69.1 Å². The Hall–Kier alpha value is -1.13. The summed E-state index contributed by atoms with van der Waals surface area (Å²) in [5, 5.41) is 8.67. The molecule has 0 saturated heterocycles. The van der Waals surface area contributed by atoms with Gasteiger partial charge in [0.05, 0.1) is 7.11 Å². The van der Waals surface area contributed by atoms with Gasteiger partial charge in [-0.05, 0) is 6.92 Å². The van der Waals surface area contributed by atoms with Crippen LogP contribution >= 0.6 is 0 Å². The third-order valence-electron chi connectivity index (χ3n) is 1.87. The molecule has 0 aliphatic carbocycles. The average molecular weight is 175 g/mol. The molecule has 68 valence electrons. The van der Waals surface area contributed by atoms with Gasteiger partial charge in [-0.15, -0.1) is 0 Å². The van der Waals surface area contributed by atoms with Gasteiger partial charge >= 0.3 is 5.97 Å². The van der Waals surface area contributed by atoms with Crippen LogP contribution in [0.25, 0.3) is 0 Å². The van der Waals surface area contributed by atoms with Crippen molar-refractivity contribution in [3.63, 3.8) is 0 Å². The molecule has 2 unspecified atom stereocenters. The highest BCUT2D eigenvalue weighted by Gasteiger charge is 2.44. The molecule has 1 rings (SSSR count). The molecule has 1 heterocycles. The van der Waals surface area contributed by atoms with Crippen LogP contribution in [0, 0.1) is 0 Å². The lowest BCUT2D eigenvalue weighted by Gasteiger charge is -2.12. The van der Waals surface area contributed by atoms with E-state index in [1.165, 1.54) is 14.0 Å². The van der Waals surface area contributed by atoms with Crippen molar-refractivity contribution in [2.45, 2.75) is 25.1 Å². The first-order valence-electron chi connectivity index (χ1n) is 3.51.